The lowest BCUT2D eigenvalue weighted by atomic mass is 10.0. The highest BCUT2D eigenvalue weighted by Gasteiger charge is 2.26. The van der Waals surface area contributed by atoms with E-state index in [1.807, 2.05) is 58.0 Å². The van der Waals surface area contributed by atoms with Gasteiger partial charge in [0.25, 0.3) is 5.56 Å². The lowest BCUT2D eigenvalue weighted by Crippen LogP contribution is -2.48. The number of aliphatic hydroxyl groups excluding tert-OH is 1. The fourth-order valence-corrected chi connectivity index (χ4v) is 3.02. The van der Waals surface area contributed by atoms with Gasteiger partial charge in [-0.15, -0.1) is 0 Å². The van der Waals surface area contributed by atoms with E-state index >= 15 is 0 Å². The number of amides is 1. The average Bonchev–Trinajstić information content (AvgIpc) is 2.88. The maximum absolute atomic E-state index is 12.3. The quantitative estimate of drug-likeness (QED) is 0.390. The summed E-state index contributed by atoms with van der Waals surface area (Å²) in [6.07, 6.45) is 3.49. The van der Waals surface area contributed by atoms with E-state index in [0.29, 0.717) is 17.9 Å². The Kier molecular flexibility index (Phi) is 16.6. The third kappa shape index (κ3) is 13.6. The van der Waals surface area contributed by atoms with Crippen molar-refractivity contribution in [1.29, 1.82) is 0 Å². The predicted molar refractivity (Wildman–Crippen MR) is 152 cm³/mol. The van der Waals surface area contributed by atoms with Crippen LogP contribution in [0.25, 0.3) is 5.70 Å². The normalized spacial score (nSPS) is 13.2. The largest absolute Gasteiger partial charge is 0.444 e. The van der Waals surface area contributed by atoms with E-state index in [1.54, 1.807) is 65.1 Å². The van der Waals surface area contributed by atoms with Gasteiger partial charge in [0.05, 0.1) is 25.4 Å². The van der Waals surface area contributed by atoms with E-state index in [4.69, 9.17) is 9.47 Å². The number of aromatic nitrogens is 1. The highest BCUT2D eigenvalue weighted by Crippen LogP contribution is 2.13. The number of aliphatic hydroxyl groups is 1. The fraction of sp³-hybridized carbons (Fsp3) is 0.467. The molecule has 0 fully saturated rings. The Bertz CT molecular complexity index is 1020. The zero-order chi connectivity index (χ0) is 28.4. The molecule has 1 aromatic heterocycles. The van der Waals surface area contributed by atoms with Crippen molar-refractivity contribution >= 4 is 11.8 Å². The monoisotopic (exact) mass is 514 g/mol. The Morgan fingerprint density at radius 3 is 2.16 bits per heavy atom. The minimum Gasteiger partial charge on any atom is -0.444 e. The minimum absolute atomic E-state index is 0.0846. The molecule has 0 radical (unpaired) electrons. The summed E-state index contributed by atoms with van der Waals surface area (Å²) in [5.74, 6) is 0. The van der Waals surface area contributed by atoms with Crippen molar-refractivity contribution in [3.8, 4) is 0 Å². The van der Waals surface area contributed by atoms with E-state index in [1.165, 1.54) is 10.6 Å². The summed E-state index contributed by atoms with van der Waals surface area (Å²) >= 11 is 0. The van der Waals surface area contributed by atoms with Crippen LogP contribution in [0, 0.1) is 0 Å². The number of alkyl carbamates (subject to hydrolysis) is 1. The second-order valence-corrected chi connectivity index (χ2v) is 8.83. The molecule has 0 bridgehead atoms. The van der Waals surface area contributed by atoms with Crippen LogP contribution in [0.15, 0.2) is 77.2 Å². The molecule has 2 unspecified atom stereocenters. The van der Waals surface area contributed by atoms with E-state index in [9.17, 15) is 14.7 Å². The fourth-order valence-electron chi connectivity index (χ4n) is 3.02. The minimum atomic E-state index is -1.02. The molecule has 7 nitrogen and oxygen atoms in total. The maximum atomic E-state index is 12.3. The van der Waals surface area contributed by atoms with E-state index < -0.39 is 23.8 Å². The van der Waals surface area contributed by atoms with Crippen LogP contribution in [0.2, 0.25) is 0 Å². The second-order valence-electron chi connectivity index (χ2n) is 8.83. The molecule has 1 amide bonds. The number of benzene rings is 1. The van der Waals surface area contributed by atoms with Crippen LogP contribution in [0.4, 0.5) is 4.79 Å². The lowest BCUT2D eigenvalue weighted by molar-refractivity contribution is 0.0266. The summed E-state index contributed by atoms with van der Waals surface area (Å²) in [6, 6.07) is 13.9. The van der Waals surface area contributed by atoms with Crippen molar-refractivity contribution in [2.24, 2.45) is 0 Å². The number of hydrogen-bond acceptors (Lipinski definition) is 5. The number of nitrogens with one attached hydrogen (secondary N) is 1. The van der Waals surface area contributed by atoms with Gasteiger partial charge in [-0.3, -0.25) is 9.36 Å². The van der Waals surface area contributed by atoms with Crippen molar-refractivity contribution in [2.75, 3.05) is 6.61 Å². The number of pyridine rings is 1. The molecule has 2 rings (SSSR count). The number of allylic oxidation sites excluding steroid dienone is 3. The Hall–Kier alpha value is -3.16. The molecule has 0 saturated heterocycles. The van der Waals surface area contributed by atoms with Gasteiger partial charge in [-0.05, 0) is 57.9 Å². The molecule has 37 heavy (non-hydrogen) atoms. The molecular weight excluding hydrogens is 468 g/mol. The van der Waals surface area contributed by atoms with Gasteiger partial charge in [0, 0.05) is 18.0 Å². The van der Waals surface area contributed by atoms with Crippen LogP contribution in [-0.2, 0) is 16.1 Å². The van der Waals surface area contributed by atoms with Gasteiger partial charge in [0.1, 0.15) is 5.60 Å². The number of hydrogen-bond donors (Lipinski definition) is 2. The average molecular weight is 515 g/mol. The first kappa shape index (κ1) is 33.8. The highest BCUT2D eigenvalue weighted by molar-refractivity contribution is 5.68. The molecule has 0 saturated carbocycles. The van der Waals surface area contributed by atoms with Gasteiger partial charge in [-0.1, -0.05) is 70.2 Å². The van der Waals surface area contributed by atoms with Gasteiger partial charge in [-0.25, -0.2) is 4.79 Å². The first-order valence-electron chi connectivity index (χ1n) is 12.9. The van der Waals surface area contributed by atoms with E-state index in [2.05, 4.69) is 5.32 Å². The van der Waals surface area contributed by atoms with Crippen molar-refractivity contribution in [2.45, 2.75) is 86.7 Å². The summed E-state index contributed by atoms with van der Waals surface area (Å²) in [4.78, 5) is 24.3. The smallest absolute Gasteiger partial charge is 0.408 e. The Morgan fingerprint density at radius 1 is 1.00 bits per heavy atom. The number of nitrogens with zero attached hydrogens (tertiary/aromatic N) is 1. The summed E-state index contributed by atoms with van der Waals surface area (Å²) in [7, 11) is 0. The number of rotatable bonds is 9. The molecule has 2 N–H and O–H groups in total. The van der Waals surface area contributed by atoms with Crippen molar-refractivity contribution in [1.82, 2.24) is 9.88 Å². The highest BCUT2D eigenvalue weighted by atomic mass is 16.6. The van der Waals surface area contributed by atoms with Crippen LogP contribution in [0.5, 0.6) is 0 Å². The Morgan fingerprint density at radius 2 is 1.59 bits per heavy atom. The predicted octanol–water partition coefficient (Wildman–Crippen LogP) is 6.18. The lowest BCUT2D eigenvalue weighted by Gasteiger charge is -2.27. The van der Waals surface area contributed by atoms with Crippen LogP contribution in [0.3, 0.4) is 0 Å². The maximum Gasteiger partial charge on any atom is 0.408 e. The number of carbonyl (C=O) groups is 1. The van der Waals surface area contributed by atoms with E-state index in [-0.39, 0.29) is 12.2 Å². The van der Waals surface area contributed by atoms with Gasteiger partial charge in [0.2, 0.25) is 0 Å². The van der Waals surface area contributed by atoms with Crippen molar-refractivity contribution in [3.63, 3.8) is 0 Å². The molecule has 206 valence electrons. The molecule has 0 aliphatic carbocycles. The molecule has 2 atom stereocenters. The van der Waals surface area contributed by atoms with Crippen LogP contribution >= 0.6 is 0 Å². The van der Waals surface area contributed by atoms with Crippen LogP contribution < -0.4 is 10.9 Å². The Labute approximate surface area is 222 Å². The zero-order valence-corrected chi connectivity index (χ0v) is 23.9. The number of ether oxygens (including phenoxy) is 2. The third-order valence-corrected chi connectivity index (χ3v) is 4.75. The van der Waals surface area contributed by atoms with Crippen molar-refractivity contribution in [3.05, 3.63) is 88.4 Å². The zero-order valence-electron chi connectivity index (χ0n) is 23.9. The molecular formula is C30H46N2O5. The standard InChI is InChI=1S/C26H34N2O5.2C2H6/c1-19(14-15-20(2)28-16-10-9-13-23(28)29)24(30)22(27-25(31)33-26(3,4)5)18-32-17-21-11-7-6-8-12-21;2*1-2/h6-16,22,24,30H,17-18H2,1-5H3,(H,27,31);2*1-2H3/b19-14+,20-15+;;. The summed E-state index contributed by atoms with van der Waals surface area (Å²) in [5.41, 5.74) is 1.48. The third-order valence-electron chi connectivity index (χ3n) is 4.75. The SMILES string of the molecule is C/C(=C\C=C(/C)n1ccccc1=O)C(O)C(COCc1ccccc1)NC(=O)OC(C)(C)C.CC.CC. The summed E-state index contributed by atoms with van der Waals surface area (Å²) < 4.78 is 12.6. The van der Waals surface area contributed by atoms with E-state index in [0.717, 1.165) is 5.56 Å². The molecule has 0 aliphatic rings. The molecule has 0 spiro atoms. The van der Waals surface area contributed by atoms with Crippen molar-refractivity contribution < 1.29 is 19.4 Å². The van der Waals surface area contributed by atoms with Gasteiger partial charge >= 0.3 is 6.09 Å². The van der Waals surface area contributed by atoms with Gasteiger partial charge < -0.3 is 19.9 Å². The first-order chi connectivity index (χ1) is 17.6. The Balaban J connectivity index is 0.00000308. The summed E-state index contributed by atoms with van der Waals surface area (Å²) in [6.45, 7) is 17.3. The molecule has 2 aromatic rings. The molecule has 1 aromatic carbocycles. The van der Waals surface area contributed by atoms with Crippen LogP contribution in [-0.4, -0.2) is 40.1 Å². The van der Waals surface area contributed by atoms with Gasteiger partial charge in [0.15, 0.2) is 0 Å². The van der Waals surface area contributed by atoms with Gasteiger partial charge in [-0.2, -0.15) is 0 Å². The van der Waals surface area contributed by atoms with Crippen LogP contribution in [0.1, 0.15) is 67.9 Å². The second kappa shape index (κ2) is 18.1. The topological polar surface area (TPSA) is 89.8 Å². The number of carbonyl (C=O) groups excluding carboxylic acids is 1. The molecule has 0 aliphatic heterocycles. The first-order valence-corrected chi connectivity index (χ1v) is 12.9. The molecule has 1 heterocycles. The summed E-state index contributed by atoms with van der Waals surface area (Å²) in [5, 5.41) is 13.7. The molecule has 7 heteroatoms.